The van der Waals surface area contributed by atoms with Gasteiger partial charge in [-0.05, 0) is 24.6 Å². The van der Waals surface area contributed by atoms with Crippen LogP contribution in [0.15, 0.2) is 24.3 Å². The summed E-state index contributed by atoms with van der Waals surface area (Å²) >= 11 is 0. The van der Waals surface area contributed by atoms with Gasteiger partial charge in [0.05, 0.1) is 24.9 Å². The third-order valence-electron chi connectivity index (χ3n) is 2.86. The van der Waals surface area contributed by atoms with Gasteiger partial charge in [0.15, 0.2) is 0 Å². The van der Waals surface area contributed by atoms with Gasteiger partial charge in [-0.25, -0.2) is 4.79 Å². The van der Waals surface area contributed by atoms with Crippen LogP contribution in [-0.2, 0) is 9.47 Å². The number of methoxy groups -OCH3 is 1. The van der Waals surface area contributed by atoms with E-state index < -0.39 is 0 Å². The van der Waals surface area contributed by atoms with Gasteiger partial charge in [-0.15, -0.1) is 0 Å². The first-order valence-corrected chi connectivity index (χ1v) is 5.75. The number of carbonyl (C=O) groups excluding carboxylic acids is 1. The van der Waals surface area contributed by atoms with Crippen LogP contribution in [0, 0.1) is 0 Å². The molecule has 0 aliphatic carbocycles. The van der Waals surface area contributed by atoms with Crippen LogP contribution in [0.3, 0.4) is 0 Å². The molecule has 2 rings (SSSR count). The minimum Gasteiger partial charge on any atom is -0.465 e. The summed E-state index contributed by atoms with van der Waals surface area (Å²) in [6.45, 7) is 3.74. The molecule has 1 N–H and O–H groups in total. The van der Waals surface area contributed by atoms with E-state index in [2.05, 4.69) is 10.1 Å². The normalized spacial score (nSPS) is 24.4. The molecule has 17 heavy (non-hydrogen) atoms. The standard InChI is InChI=1S/C13H17NO3/c1-9-7-14-8-12(17-9)10-3-5-11(6-4-10)13(15)16-2/h3-6,9,12,14H,7-8H2,1-2H3/t9-,12-/m0/s1. The maximum Gasteiger partial charge on any atom is 0.337 e. The first kappa shape index (κ1) is 12.1. The molecule has 0 aromatic heterocycles. The molecule has 1 aliphatic rings. The second-order valence-corrected chi connectivity index (χ2v) is 4.21. The van der Waals surface area contributed by atoms with Crippen molar-refractivity contribution in [3.05, 3.63) is 35.4 Å². The molecule has 4 heteroatoms. The highest BCUT2D eigenvalue weighted by atomic mass is 16.5. The van der Waals surface area contributed by atoms with Gasteiger partial charge in [0.1, 0.15) is 0 Å². The number of nitrogens with one attached hydrogen (secondary N) is 1. The van der Waals surface area contributed by atoms with Crippen molar-refractivity contribution in [2.75, 3.05) is 20.2 Å². The van der Waals surface area contributed by atoms with E-state index in [1.807, 2.05) is 19.1 Å². The van der Waals surface area contributed by atoms with Crippen LogP contribution in [0.4, 0.5) is 0 Å². The van der Waals surface area contributed by atoms with Crippen LogP contribution in [0.2, 0.25) is 0 Å². The first-order valence-electron chi connectivity index (χ1n) is 5.75. The molecular formula is C13H17NO3. The maximum atomic E-state index is 11.3. The average molecular weight is 235 g/mol. The molecule has 0 unspecified atom stereocenters. The summed E-state index contributed by atoms with van der Waals surface area (Å²) in [6, 6.07) is 7.36. The Morgan fingerprint density at radius 3 is 2.65 bits per heavy atom. The molecule has 4 nitrogen and oxygen atoms in total. The predicted octanol–water partition coefficient (Wildman–Crippen LogP) is 1.52. The summed E-state index contributed by atoms with van der Waals surface area (Å²) in [5.74, 6) is -0.312. The smallest absolute Gasteiger partial charge is 0.337 e. The molecule has 1 fully saturated rings. The molecule has 0 bridgehead atoms. The molecule has 1 aliphatic heterocycles. The van der Waals surface area contributed by atoms with Crippen molar-refractivity contribution in [2.24, 2.45) is 0 Å². The zero-order valence-electron chi connectivity index (χ0n) is 10.1. The summed E-state index contributed by atoms with van der Waals surface area (Å²) in [5, 5.41) is 3.31. The van der Waals surface area contributed by atoms with Gasteiger partial charge in [-0.1, -0.05) is 12.1 Å². The summed E-state index contributed by atoms with van der Waals surface area (Å²) < 4.78 is 10.5. The minimum atomic E-state index is -0.312. The van der Waals surface area contributed by atoms with Crippen molar-refractivity contribution in [3.63, 3.8) is 0 Å². The maximum absolute atomic E-state index is 11.3. The fourth-order valence-electron chi connectivity index (χ4n) is 1.94. The molecule has 0 amide bonds. The lowest BCUT2D eigenvalue weighted by Gasteiger charge is -2.29. The second kappa shape index (κ2) is 5.29. The molecule has 0 saturated carbocycles. The summed E-state index contributed by atoms with van der Waals surface area (Å²) in [4.78, 5) is 11.3. The van der Waals surface area contributed by atoms with Crippen LogP contribution in [0.5, 0.6) is 0 Å². The van der Waals surface area contributed by atoms with E-state index in [1.54, 1.807) is 12.1 Å². The Labute approximate surface area is 101 Å². The first-order chi connectivity index (χ1) is 8.20. The minimum absolute atomic E-state index is 0.0606. The van der Waals surface area contributed by atoms with Gasteiger partial charge in [-0.3, -0.25) is 0 Å². The molecule has 1 aromatic rings. The molecule has 2 atom stereocenters. The van der Waals surface area contributed by atoms with Gasteiger partial charge >= 0.3 is 5.97 Å². The summed E-state index contributed by atoms with van der Waals surface area (Å²) in [7, 11) is 1.38. The molecule has 1 aromatic carbocycles. The number of esters is 1. The average Bonchev–Trinajstić information content (AvgIpc) is 2.38. The Morgan fingerprint density at radius 2 is 2.06 bits per heavy atom. The molecule has 0 spiro atoms. The van der Waals surface area contributed by atoms with E-state index in [9.17, 15) is 4.79 Å². The van der Waals surface area contributed by atoms with E-state index in [-0.39, 0.29) is 18.2 Å². The molecule has 92 valence electrons. The Kier molecular flexibility index (Phi) is 3.76. The van der Waals surface area contributed by atoms with Crippen molar-refractivity contribution >= 4 is 5.97 Å². The number of morpholine rings is 1. The highest BCUT2D eigenvalue weighted by Gasteiger charge is 2.20. The van der Waals surface area contributed by atoms with Gasteiger partial charge in [0.25, 0.3) is 0 Å². The van der Waals surface area contributed by atoms with Crippen molar-refractivity contribution in [1.82, 2.24) is 5.32 Å². The van der Waals surface area contributed by atoms with Crippen LogP contribution >= 0.6 is 0 Å². The van der Waals surface area contributed by atoms with Crippen molar-refractivity contribution < 1.29 is 14.3 Å². The van der Waals surface area contributed by atoms with Gasteiger partial charge in [-0.2, -0.15) is 0 Å². The Bertz CT molecular complexity index is 388. The lowest BCUT2D eigenvalue weighted by atomic mass is 10.1. The highest BCUT2D eigenvalue weighted by molar-refractivity contribution is 5.89. The number of carbonyl (C=O) groups is 1. The molecule has 1 saturated heterocycles. The van der Waals surface area contributed by atoms with E-state index in [0.29, 0.717) is 5.56 Å². The zero-order valence-corrected chi connectivity index (χ0v) is 10.1. The molecular weight excluding hydrogens is 218 g/mol. The number of ether oxygens (including phenoxy) is 2. The SMILES string of the molecule is COC(=O)c1ccc([C@@H]2CNC[C@H](C)O2)cc1. The number of benzene rings is 1. The van der Waals surface area contributed by atoms with Crippen molar-refractivity contribution in [2.45, 2.75) is 19.1 Å². The van der Waals surface area contributed by atoms with E-state index in [1.165, 1.54) is 7.11 Å². The fourth-order valence-corrected chi connectivity index (χ4v) is 1.94. The molecule has 1 heterocycles. The monoisotopic (exact) mass is 235 g/mol. The topological polar surface area (TPSA) is 47.6 Å². The molecule has 0 radical (unpaired) electrons. The van der Waals surface area contributed by atoms with Crippen LogP contribution < -0.4 is 5.32 Å². The fraction of sp³-hybridized carbons (Fsp3) is 0.462. The second-order valence-electron chi connectivity index (χ2n) is 4.21. The van der Waals surface area contributed by atoms with Crippen LogP contribution in [-0.4, -0.2) is 32.3 Å². The zero-order chi connectivity index (χ0) is 12.3. The van der Waals surface area contributed by atoms with Crippen molar-refractivity contribution in [3.8, 4) is 0 Å². The van der Waals surface area contributed by atoms with Crippen LogP contribution in [0.1, 0.15) is 28.9 Å². The third kappa shape index (κ3) is 2.84. The quantitative estimate of drug-likeness (QED) is 0.790. The number of hydrogen-bond donors (Lipinski definition) is 1. The predicted molar refractivity (Wildman–Crippen MR) is 63.9 cm³/mol. The summed E-state index contributed by atoms with van der Waals surface area (Å²) in [5.41, 5.74) is 1.64. The van der Waals surface area contributed by atoms with Gasteiger partial charge in [0.2, 0.25) is 0 Å². The van der Waals surface area contributed by atoms with E-state index in [0.717, 1.165) is 18.7 Å². The Morgan fingerprint density at radius 1 is 1.35 bits per heavy atom. The lowest BCUT2D eigenvalue weighted by molar-refractivity contribution is -0.0287. The van der Waals surface area contributed by atoms with Crippen LogP contribution in [0.25, 0.3) is 0 Å². The summed E-state index contributed by atoms with van der Waals surface area (Å²) in [6.07, 6.45) is 0.277. The third-order valence-corrected chi connectivity index (χ3v) is 2.86. The van der Waals surface area contributed by atoms with E-state index in [4.69, 9.17) is 4.74 Å². The van der Waals surface area contributed by atoms with Gasteiger partial charge < -0.3 is 14.8 Å². The Hall–Kier alpha value is -1.39. The lowest BCUT2D eigenvalue weighted by Crippen LogP contribution is -2.38. The largest absolute Gasteiger partial charge is 0.465 e. The number of rotatable bonds is 2. The van der Waals surface area contributed by atoms with Crippen molar-refractivity contribution in [1.29, 1.82) is 0 Å². The van der Waals surface area contributed by atoms with E-state index >= 15 is 0 Å². The number of hydrogen-bond acceptors (Lipinski definition) is 4. The Balaban J connectivity index is 2.09. The highest BCUT2D eigenvalue weighted by Crippen LogP contribution is 2.21. The van der Waals surface area contributed by atoms with Gasteiger partial charge in [0, 0.05) is 13.1 Å².